The maximum absolute atomic E-state index is 15.8. The number of aliphatic hydroxyl groups is 1. The van der Waals surface area contributed by atoms with Crippen LogP contribution in [0.25, 0.3) is 10.9 Å². The largest absolute Gasteiger partial charge is 0.465 e. The molecule has 4 heterocycles. The number of amides is 1. The van der Waals surface area contributed by atoms with Gasteiger partial charge in [0, 0.05) is 36.8 Å². The molecule has 1 amide bonds. The summed E-state index contributed by atoms with van der Waals surface area (Å²) in [6.45, 7) is 4.38. The molecule has 2 aromatic rings. The number of anilines is 2. The molecule has 0 radical (unpaired) electrons. The number of fused-ring (bicyclic) bond motifs is 1. The van der Waals surface area contributed by atoms with Crippen LogP contribution in [-0.2, 0) is 4.74 Å². The van der Waals surface area contributed by atoms with Gasteiger partial charge in [0.25, 0.3) is 12.3 Å². The summed E-state index contributed by atoms with van der Waals surface area (Å²) in [6, 6.07) is 1.03. The summed E-state index contributed by atoms with van der Waals surface area (Å²) < 4.78 is 64.4. The summed E-state index contributed by atoms with van der Waals surface area (Å²) in [4.78, 5) is 22.9. The van der Waals surface area contributed by atoms with Gasteiger partial charge in [0.2, 0.25) is 5.95 Å². The van der Waals surface area contributed by atoms with Crippen molar-refractivity contribution in [3.05, 3.63) is 23.9 Å². The molecule has 3 saturated heterocycles. The van der Waals surface area contributed by atoms with Crippen molar-refractivity contribution in [1.82, 2.24) is 14.9 Å². The van der Waals surface area contributed by atoms with Crippen molar-refractivity contribution in [2.45, 2.75) is 57.7 Å². The summed E-state index contributed by atoms with van der Waals surface area (Å²) in [5.74, 6) is -3.16. The van der Waals surface area contributed by atoms with E-state index in [-0.39, 0.29) is 47.8 Å². The fraction of sp³-hybridized carbons (Fsp3) is 0.640. The van der Waals surface area contributed by atoms with Crippen LogP contribution in [0.15, 0.2) is 18.3 Å². The van der Waals surface area contributed by atoms with E-state index in [4.69, 9.17) is 4.74 Å². The standard InChI is InChI=1S/C25H31F4N5O4/c1-23(2,3)20-24(11-34(20)22(36)37)10-33(12-25(24,28)29)16-7-13(19(26)27)6-14-8-30-21(32-18(14)16)31-15-4-5-38-9-17(15)35/h6-8,15,17,19-20,35H,4-5,9-12H2,1-3H3,(H,36,37)(H,30,31,32)/t15-,17-,20?,24?/m1/s1. The molecule has 208 valence electrons. The molecule has 4 atom stereocenters. The molecule has 3 aliphatic rings. The Morgan fingerprint density at radius 1 is 1.24 bits per heavy atom. The first kappa shape index (κ1) is 26.7. The van der Waals surface area contributed by atoms with Crippen LogP contribution in [0.1, 0.15) is 39.2 Å². The minimum absolute atomic E-state index is 0.105. The van der Waals surface area contributed by atoms with Crippen molar-refractivity contribution < 1.29 is 37.3 Å². The number of hydrogen-bond donors (Lipinski definition) is 3. The molecule has 0 aliphatic carbocycles. The monoisotopic (exact) mass is 541 g/mol. The average molecular weight is 542 g/mol. The van der Waals surface area contributed by atoms with Crippen LogP contribution in [0.5, 0.6) is 0 Å². The Labute approximate surface area is 216 Å². The molecule has 38 heavy (non-hydrogen) atoms. The van der Waals surface area contributed by atoms with Gasteiger partial charge in [-0.25, -0.2) is 32.3 Å². The molecule has 13 heteroatoms. The normalized spacial score (nSPS) is 29.2. The second kappa shape index (κ2) is 9.08. The summed E-state index contributed by atoms with van der Waals surface area (Å²) in [5.41, 5.74) is -2.50. The molecular formula is C25H31F4N5O4. The lowest BCUT2D eigenvalue weighted by molar-refractivity contribution is -0.208. The number of aromatic nitrogens is 2. The molecule has 9 nitrogen and oxygen atoms in total. The third-order valence-electron chi connectivity index (χ3n) is 7.86. The lowest BCUT2D eigenvalue weighted by Crippen LogP contribution is -2.75. The number of alkyl halides is 4. The van der Waals surface area contributed by atoms with Crippen LogP contribution < -0.4 is 10.2 Å². The van der Waals surface area contributed by atoms with Gasteiger partial charge in [-0.15, -0.1) is 0 Å². The van der Waals surface area contributed by atoms with Crippen LogP contribution in [-0.4, -0.2) is 88.1 Å². The maximum Gasteiger partial charge on any atom is 0.407 e. The number of rotatable bonds is 4. The second-order valence-corrected chi connectivity index (χ2v) is 11.5. The Bertz CT molecular complexity index is 1240. The average Bonchev–Trinajstić information content (AvgIpc) is 3.09. The lowest BCUT2D eigenvalue weighted by atomic mass is 9.60. The quantitative estimate of drug-likeness (QED) is 0.499. The van der Waals surface area contributed by atoms with Gasteiger partial charge < -0.3 is 30.1 Å². The van der Waals surface area contributed by atoms with Crippen molar-refractivity contribution in [3.8, 4) is 0 Å². The molecule has 0 saturated carbocycles. The van der Waals surface area contributed by atoms with Gasteiger partial charge in [-0.2, -0.15) is 0 Å². The third-order valence-corrected chi connectivity index (χ3v) is 7.86. The van der Waals surface area contributed by atoms with Gasteiger partial charge >= 0.3 is 6.09 Å². The van der Waals surface area contributed by atoms with Crippen molar-refractivity contribution in [2.75, 3.05) is 43.1 Å². The number of ether oxygens (including phenoxy) is 1. The Hall–Kier alpha value is -2.93. The molecule has 5 rings (SSSR count). The highest BCUT2D eigenvalue weighted by Crippen LogP contribution is 2.59. The number of likely N-dealkylation sites (tertiary alicyclic amines) is 1. The zero-order valence-corrected chi connectivity index (χ0v) is 21.3. The van der Waals surface area contributed by atoms with E-state index in [0.29, 0.717) is 13.0 Å². The number of benzene rings is 1. The molecule has 1 aromatic heterocycles. The molecule has 3 fully saturated rings. The van der Waals surface area contributed by atoms with E-state index in [9.17, 15) is 23.8 Å². The Morgan fingerprint density at radius 3 is 2.61 bits per heavy atom. The molecule has 3 aliphatic heterocycles. The van der Waals surface area contributed by atoms with E-state index in [2.05, 4.69) is 15.3 Å². The Balaban J connectivity index is 1.55. The van der Waals surface area contributed by atoms with Gasteiger partial charge in [-0.05, 0) is 24.0 Å². The number of hydrogen-bond acceptors (Lipinski definition) is 7. The topological polar surface area (TPSA) is 111 Å². The molecular weight excluding hydrogens is 510 g/mol. The smallest absolute Gasteiger partial charge is 0.407 e. The summed E-state index contributed by atoms with van der Waals surface area (Å²) in [6.07, 6.45) is -3.07. The first-order valence-electron chi connectivity index (χ1n) is 12.5. The first-order valence-corrected chi connectivity index (χ1v) is 12.5. The van der Waals surface area contributed by atoms with Crippen molar-refractivity contribution in [1.29, 1.82) is 0 Å². The maximum atomic E-state index is 15.8. The van der Waals surface area contributed by atoms with Crippen LogP contribution >= 0.6 is 0 Å². The minimum atomic E-state index is -3.29. The van der Waals surface area contributed by atoms with Crippen molar-refractivity contribution in [3.63, 3.8) is 0 Å². The van der Waals surface area contributed by atoms with Gasteiger partial charge in [-0.3, -0.25) is 0 Å². The number of nitrogens with one attached hydrogen (secondary N) is 1. The first-order chi connectivity index (χ1) is 17.7. The van der Waals surface area contributed by atoms with Gasteiger partial charge in [0.1, 0.15) is 0 Å². The van der Waals surface area contributed by atoms with Crippen molar-refractivity contribution in [2.24, 2.45) is 10.8 Å². The van der Waals surface area contributed by atoms with E-state index < -0.39 is 54.0 Å². The number of nitrogens with zero attached hydrogens (tertiary/aromatic N) is 4. The summed E-state index contributed by atoms with van der Waals surface area (Å²) >= 11 is 0. The SMILES string of the molecule is CC(C)(C)C1N(C(=O)O)CC12CN(c1cc(C(F)F)cc3cnc(N[C@@H]4CCOC[C@H]4O)nc13)CC2(F)F. The molecule has 0 bridgehead atoms. The van der Waals surface area contributed by atoms with Gasteiger partial charge in [0.15, 0.2) is 0 Å². The Kier molecular flexibility index (Phi) is 6.37. The fourth-order valence-electron chi connectivity index (χ4n) is 6.32. The third kappa shape index (κ3) is 4.29. The van der Waals surface area contributed by atoms with E-state index in [1.165, 1.54) is 23.2 Å². The second-order valence-electron chi connectivity index (χ2n) is 11.5. The van der Waals surface area contributed by atoms with Gasteiger partial charge in [-0.1, -0.05) is 20.8 Å². The van der Waals surface area contributed by atoms with Crippen LogP contribution in [0.3, 0.4) is 0 Å². The highest BCUT2D eigenvalue weighted by molar-refractivity contribution is 5.92. The van der Waals surface area contributed by atoms with Gasteiger partial charge in [0.05, 0.1) is 48.0 Å². The number of halogens is 4. The highest BCUT2D eigenvalue weighted by atomic mass is 19.3. The Morgan fingerprint density at radius 2 is 1.97 bits per heavy atom. The number of aliphatic hydroxyl groups excluding tert-OH is 1. The van der Waals surface area contributed by atoms with E-state index in [0.717, 1.165) is 4.90 Å². The lowest BCUT2D eigenvalue weighted by Gasteiger charge is -2.60. The molecule has 2 unspecified atom stereocenters. The van der Waals surface area contributed by atoms with E-state index in [1.54, 1.807) is 20.8 Å². The zero-order chi connectivity index (χ0) is 27.6. The molecule has 1 aromatic carbocycles. The highest BCUT2D eigenvalue weighted by Gasteiger charge is 2.74. The van der Waals surface area contributed by atoms with Crippen LogP contribution in [0.2, 0.25) is 0 Å². The predicted molar refractivity (Wildman–Crippen MR) is 131 cm³/mol. The van der Waals surface area contributed by atoms with Crippen LogP contribution in [0.4, 0.5) is 34.0 Å². The summed E-state index contributed by atoms with van der Waals surface area (Å²) in [7, 11) is 0. The van der Waals surface area contributed by atoms with E-state index >= 15 is 8.78 Å². The summed E-state index contributed by atoms with van der Waals surface area (Å²) in [5, 5.41) is 23.1. The fourth-order valence-corrected chi connectivity index (χ4v) is 6.32. The molecule has 3 N–H and O–H groups in total. The molecule has 1 spiro atoms. The number of carboxylic acid groups (broad SMARTS) is 1. The predicted octanol–water partition coefficient (Wildman–Crippen LogP) is 3.98. The minimum Gasteiger partial charge on any atom is -0.465 e. The van der Waals surface area contributed by atoms with E-state index in [1.807, 2.05) is 0 Å². The number of carbonyl (C=O) groups is 1. The van der Waals surface area contributed by atoms with Crippen molar-refractivity contribution >= 4 is 28.6 Å². The van der Waals surface area contributed by atoms with Crippen LogP contribution in [0, 0.1) is 10.8 Å². The zero-order valence-electron chi connectivity index (χ0n) is 21.3.